The van der Waals surface area contributed by atoms with Gasteiger partial charge >= 0.3 is 5.97 Å². The van der Waals surface area contributed by atoms with Crippen molar-refractivity contribution in [1.29, 1.82) is 0 Å². The molecule has 0 aromatic heterocycles. The number of rotatable bonds is 12. The Labute approximate surface area is 281 Å². The number of allylic oxidation sites excluding steroid dienone is 1. The fourth-order valence-corrected chi connectivity index (χ4v) is 11.2. The molecule has 3 aliphatic rings. The second kappa shape index (κ2) is 14.8. The topological polar surface area (TPSA) is 44.8 Å². The predicted octanol–water partition coefficient (Wildman–Crippen LogP) is 11.6. The minimum Gasteiger partial charge on any atom is -0.466 e. The molecule has 7 atom stereocenters. The molecule has 3 saturated carbocycles. The first-order valence-electron chi connectivity index (χ1n) is 18.5. The third-order valence-electron chi connectivity index (χ3n) is 13.3. The summed E-state index contributed by atoms with van der Waals surface area (Å²) in [5.41, 5.74) is 3.03. The van der Waals surface area contributed by atoms with Gasteiger partial charge in [-0.1, -0.05) is 74.5 Å². The van der Waals surface area contributed by atoms with Gasteiger partial charge in [0.05, 0.1) is 18.8 Å². The molecule has 45 heavy (non-hydrogen) atoms. The Bertz CT molecular complexity index is 1050. The summed E-state index contributed by atoms with van der Waals surface area (Å²) in [6.07, 6.45) is 15.2. The second-order valence-electron chi connectivity index (χ2n) is 18.4. The van der Waals surface area contributed by atoms with Crippen molar-refractivity contribution in [3.63, 3.8) is 0 Å². The number of carbonyl (C=O) groups excluding carboxylic acids is 1. The summed E-state index contributed by atoms with van der Waals surface area (Å²) in [5, 5.41) is 0.342. The number of hydrogen-bond donors (Lipinski definition) is 0. The monoisotopic (exact) mass is 660 g/mol. The van der Waals surface area contributed by atoms with Crippen LogP contribution in [0, 0.1) is 29.1 Å². The highest BCUT2D eigenvalue weighted by Crippen LogP contribution is 2.60. The van der Waals surface area contributed by atoms with E-state index in [9.17, 15) is 4.79 Å². The molecule has 0 heterocycles. The fraction of sp³-hybridized carbons (Fsp3) is 0.872. The maximum absolute atomic E-state index is 11.9. The zero-order valence-electron chi connectivity index (χ0n) is 31.9. The highest BCUT2D eigenvalue weighted by Gasteiger charge is 2.52. The quantitative estimate of drug-likeness (QED) is 0.154. The normalized spacial score (nSPS) is 31.6. The highest BCUT2D eigenvalue weighted by molar-refractivity contribution is 6.74. The molecule has 3 fully saturated rings. The van der Waals surface area contributed by atoms with Gasteiger partial charge in [-0.2, -0.15) is 0 Å². The Hall–Kier alpha value is -0.696. The van der Waals surface area contributed by atoms with E-state index in [1.807, 2.05) is 6.92 Å². The van der Waals surface area contributed by atoms with Crippen LogP contribution < -0.4 is 0 Å². The third-order valence-corrected chi connectivity index (χ3v) is 22.3. The van der Waals surface area contributed by atoms with Crippen molar-refractivity contribution in [2.45, 2.75) is 181 Å². The van der Waals surface area contributed by atoms with Gasteiger partial charge < -0.3 is 13.6 Å². The molecule has 0 radical (unpaired) electrons. The number of fused-ring (bicyclic) bond motifs is 1. The molecule has 0 aromatic carbocycles. The lowest BCUT2D eigenvalue weighted by Gasteiger charge is -2.47. The lowest BCUT2D eigenvalue weighted by atomic mass is 9.58. The van der Waals surface area contributed by atoms with Crippen LogP contribution in [0.5, 0.6) is 0 Å². The number of ether oxygens (including phenoxy) is 1. The van der Waals surface area contributed by atoms with Gasteiger partial charge in [0, 0.05) is 12.8 Å². The van der Waals surface area contributed by atoms with Crippen LogP contribution in [0.15, 0.2) is 23.8 Å². The second-order valence-corrected chi connectivity index (χ2v) is 27.9. The van der Waals surface area contributed by atoms with Gasteiger partial charge in [-0.25, -0.2) is 0 Å². The van der Waals surface area contributed by atoms with E-state index in [0.29, 0.717) is 24.4 Å². The first-order chi connectivity index (χ1) is 20.6. The standard InChI is InChI=1S/C39H72O4Si2/c1-15-41-36(40)20-16-18-28(2)33-23-24-34-30(19-17-25-39(33,34)10)21-22-31-26-32(42-44(11,12)37(4,5)6)27-35(29(31)3)43-45(13,14)38(7,8)9/h22,28,30,32-35H,3,15-21,23-27H2,1-2,4-14H3. The molecular formula is C39H72O4Si2. The molecular weight excluding hydrogens is 589 g/mol. The lowest BCUT2D eigenvalue weighted by Crippen LogP contribution is -2.49. The van der Waals surface area contributed by atoms with Gasteiger partial charge in [0.15, 0.2) is 16.6 Å². The molecule has 0 bridgehead atoms. The summed E-state index contributed by atoms with van der Waals surface area (Å²) in [6, 6.07) is 0. The molecule has 0 N–H and O–H groups in total. The van der Waals surface area contributed by atoms with Crippen molar-refractivity contribution >= 4 is 22.6 Å². The first-order valence-corrected chi connectivity index (χ1v) is 24.3. The van der Waals surface area contributed by atoms with E-state index in [1.54, 1.807) is 0 Å². The first kappa shape index (κ1) is 38.7. The van der Waals surface area contributed by atoms with Crippen molar-refractivity contribution in [3.8, 4) is 0 Å². The maximum Gasteiger partial charge on any atom is 0.305 e. The van der Waals surface area contributed by atoms with Crippen molar-refractivity contribution in [1.82, 2.24) is 0 Å². The van der Waals surface area contributed by atoms with Crippen molar-refractivity contribution in [2.75, 3.05) is 6.61 Å². The van der Waals surface area contributed by atoms with Gasteiger partial charge in [-0.15, -0.1) is 0 Å². The molecule has 0 saturated heterocycles. The van der Waals surface area contributed by atoms with Gasteiger partial charge in [0.1, 0.15) is 0 Å². The molecule has 0 aliphatic heterocycles. The van der Waals surface area contributed by atoms with Gasteiger partial charge in [0.25, 0.3) is 0 Å². The number of carbonyl (C=O) groups is 1. The molecule has 260 valence electrons. The molecule has 0 amide bonds. The zero-order chi connectivity index (χ0) is 34.0. The minimum atomic E-state index is -1.97. The van der Waals surface area contributed by atoms with Crippen LogP contribution in [-0.4, -0.2) is 41.4 Å². The van der Waals surface area contributed by atoms with E-state index in [0.717, 1.165) is 49.9 Å². The van der Waals surface area contributed by atoms with Crippen LogP contribution in [0.4, 0.5) is 0 Å². The maximum atomic E-state index is 11.9. The van der Waals surface area contributed by atoms with Crippen molar-refractivity contribution in [2.24, 2.45) is 29.1 Å². The molecule has 3 rings (SSSR count). The third kappa shape index (κ3) is 9.26. The summed E-state index contributed by atoms with van der Waals surface area (Å²) in [5.74, 6) is 2.91. The molecule has 3 aliphatic carbocycles. The summed E-state index contributed by atoms with van der Waals surface area (Å²) in [6.45, 7) is 35.7. The van der Waals surface area contributed by atoms with Crippen LogP contribution in [0.1, 0.15) is 133 Å². The van der Waals surface area contributed by atoms with E-state index >= 15 is 0 Å². The van der Waals surface area contributed by atoms with Crippen molar-refractivity contribution in [3.05, 3.63) is 23.8 Å². The van der Waals surface area contributed by atoms with E-state index in [4.69, 9.17) is 20.2 Å². The molecule has 6 heteroatoms. The van der Waals surface area contributed by atoms with Gasteiger partial charge in [0.2, 0.25) is 0 Å². The Morgan fingerprint density at radius 2 is 1.64 bits per heavy atom. The van der Waals surface area contributed by atoms with Crippen LogP contribution in [0.2, 0.25) is 36.3 Å². The Balaban J connectivity index is 1.77. The average Bonchev–Trinajstić information content (AvgIpc) is 3.25. The van der Waals surface area contributed by atoms with E-state index in [2.05, 4.69) is 87.7 Å². The van der Waals surface area contributed by atoms with Crippen LogP contribution >= 0.6 is 0 Å². The van der Waals surface area contributed by atoms with E-state index in [1.165, 1.54) is 43.3 Å². The molecule has 7 unspecified atom stereocenters. The fourth-order valence-electron chi connectivity index (χ4n) is 8.49. The van der Waals surface area contributed by atoms with Crippen molar-refractivity contribution < 1.29 is 18.4 Å². The molecule has 0 spiro atoms. The predicted molar refractivity (Wildman–Crippen MR) is 197 cm³/mol. The summed E-state index contributed by atoms with van der Waals surface area (Å²) in [4.78, 5) is 11.9. The molecule has 0 aromatic rings. The lowest BCUT2D eigenvalue weighted by molar-refractivity contribution is -0.143. The van der Waals surface area contributed by atoms with Gasteiger partial charge in [-0.3, -0.25) is 4.79 Å². The van der Waals surface area contributed by atoms with E-state index < -0.39 is 16.6 Å². The van der Waals surface area contributed by atoms with E-state index in [-0.39, 0.29) is 28.3 Å². The number of hydrogen-bond acceptors (Lipinski definition) is 4. The Morgan fingerprint density at radius 3 is 2.24 bits per heavy atom. The Morgan fingerprint density at radius 1 is 1.02 bits per heavy atom. The highest BCUT2D eigenvalue weighted by atomic mass is 28.4. The van der Waals surface area contributed by atoms with Crippen LogP contribution in [0.3, 0.4) is 0 Å². The summed E-state index contributed by atoms with van der Waals surface area (Å²) in [7, 11) is -3.89. The van der Waals surface area contributed by atoms with Crippen LogP contribution in [0.25, 0.3) is 0 Å². The summed E-state index contributed by atoms with van der Waals surface area (Å²) >= 11 is 0. The van der Waals surface area contributed by atoms with Gasteiger partial charge in [-0.05, 0) is 135 Å². The SMILES string of the molecule is C=C1C(=CCC2CCCC3(C)C(C(C)CCCC(=O)OCC)CCC23)CC(O[Si](C)(C)C(C)(C)C)CC1O[Si](C)(C)C(C)(C)C. The zero-order valence-corrected chi connectivity index (χ0v) is 33.9. The molecule has 4 nitrogen and oxygen atoms in total. The number of esters is 1. The largest absolute Gasteiger partial charge is 0.466 e. The Kier molecular flexibility index (Phi) is 12.8. The smallest absolute Gasteiger partial charge is 0.305 e. The summed E-state index contributed by atoms with van der Waals surface area (Å²) < 4.78 is 19.4. The average molecular weight is 661 g/mol. The van der Waals surface area contributed by atoms with Crippen LogP contribution in [-0.2, 0) is 18.4 Å². The minimum absolute atomic E-state index is 0.0378.